The van der Waals surface area contributed by atoms with Crippen LogP contribution in [0.15, 0.2) is 64.0 Å². The minimum Gasteiger partial charge on any atom is -0.459 e. The maximum Gasteiger partial charge on any atom is 0.291 e. The van der Waals surface area contributed by atoms with Gasteiger partial charge in [0.1, 0.15) is 5.82 Å². The molecule has 0 bridgehead atoms. The van der Waals surface area contributed by atoms with E-state index in [-0.39, 0.29) is 11.3 Å². The zero-order valence-corrected chi connectivity index (χ0v) is 19.6. The Morgan fingerprint density at radius 3 is 2.60 bits per heavy atom. The number of aromatic nitrogens is 2. The number of rotatable bonds is 4. The highest BCUT2D eigenvalue weighted by atomic mass is 35.5. The van der Waals surface area contributed by atoms with E-state index in [1.165, 1.54) is 12.3 Å². The first-order chi connectivity index (χ1) is 17.0. The molecule has 1 aliphatic heterocycles. The van der Waals surface area contributed by atoms with Gasteiger partial charge < -0.3 is 15.1 Å². The summed E-state index contributed by atoms with van der Waals surface area (Å²) in [4.78, 5) is 43.3. The normalized spacial score (nSPS) is 13.5. The van der Waals surface area contributed by atoms with Gasteiger partial charge in [0, 0.05) is 23.6 Å². The first kappa shape index (κ1) is 22.9. The molecule has 2 N–H and O–H groups in total. The van der Waals surface area contributed by atoms with Crippen LogP contribution in [-0.2, 0) is 13.0 Å². The van der Waals surface area contributed by atoms with Gasteiger partial charge in [-0.2, -0.15) is 0 Å². The third kappa shape index (κ3) is 4.83. The van der Waals surface area contributed by atoms with Crippen LogP contribution < -0.4 is 16.2 Å². The Kier molecular flexibility index (Phi) is 6.37. The third-order valence-corrected chi connectivity index (χ3v) is 6.29. The van der Waals surface area contributed by atoms with Crippen molar-refractivity contribution in [1.29, 1.82) is 0 Å². The number of aryl methyl sites for hydroxylation is 1. The molecule has 0 radical (unpaired) electrons. The minimum absolute atomic E-state index is 0.0699. The van der Waals surface area contributed by atoms with Gasteiger partial charge in [-0.05, 0) is 61.4 Å². The van der Waals surface area contributed by atoms with Gasteiger partial charge in [-0.3, -0.25) is 19.0 Å². The van der Waals surface area contributed by atoms with Gasteiger partial charge >= 0.3 is 0 Å². The molecule has 2 aromatic heterocycles. The average Bonchev–Trinajstić information content (AvgIpc) is 3.37. The number of furan rings is 1. The number of nitrogens with one attached hydrogen (secondary N) is 2. The highest BCUT2D eigenvalue weighted by Gasteiger charge is 2.17. The number of amides is 2. The van der Waals surface area contributed by atoms with E-state index in [2.05, 4.69) is 10.6 Å². The second-order valence-corrected chi connectivity index (χ2v) is 8.89. The Hall–Kier alpha value is -3.91. The van der Waals surface area contributed by atoms with Crippen LogP contribution in [0.4, 0.5) is 11.4 Å². The van der Waals surface area contributed by atoms with Crippen molar-refractivity contribution in [2.75, 3.05) is 10.6 Å². The molecular weight excluding hydrogens is 468 g/mol. The fraction of sp³-hybridized carbons (Fsp3) is 0.231. The minimum atomic E-state index is -0.473. The molecule has 4 aromatic rings. The van der Waals surface area contributed by atoms with Crippen molar-refractivity contribution < 1.29 is 14.0 Å². The quantitative estimate of drug-likeness (QED) is 0.405. The number of anilines is 2. The summed E-state index contributed by atoms with van der Waals surface area (Å²) in [7, 11) is 0. The number of halogens is 1. The molecule has 0 saturated heterocycles. The van der Waals surface area contributed by atoms with Crippen LogP contribution in [0, 0.1) is 0 Å². The Labute approximate surface area is 205 Å². The van der Waals surface area contributed by atoms with Crippen LogP contribution in [0.25, 0.3) is 10.9 Å². The van der Waals surface area contributed by atoms with Crippen LogP contribution in [0.1, 0.15) is 52.4 Å². The summed E-state index contributed by atoms with van der Waals surface area (Å²) in [5.41, 5.74) is 1.46. The molecule has 1 aliphatic rings. The highest BCUT2D eigenvalue weighted by molar-refractivity contribution is 6.31. The van der Waals surface area contributed by atoms with Gasteiger partial charge in [-0.1, -0.05) is 24.4 Å². The van der Waals surface area contributed by atoms with Crippen molar-refractivity contribution in [2.24, 2.45) is 0 Å². The van der Waals surface area contributed by atoms with Crippen LogP contribution >= 0.6 is 11.6 Å². The highest BCUT2D eigenvalue weighted by Crippen LogP contribution is 2.27. The van der Waals surface area contributed by atoms with E-state index in [0.29, 0.717) is 39.4 Å². The van der Waals surface area contributed by atoms with Crippen molar-refractivity contribution in [1.82, 2.24) is 9.55 Å². The van der Waals surface area contributed by atoms with Crippen LogP contribution in [0.2, 0.25) is 5.02 Å². The molecule has 2 aromatic carbocycles. The molecular formula is C26H23ClN4O4. The Morgan fingerprint density at radius 2 is 1.77 bits per heavy atom. The summed E-state index contributed by atoms with van der Waals surface area (Å²) in [6.45, 7) is 0.669. The van der Waals surface area contributed by atoms with E-state index in [1.54, 1.807) is 47.0 Å². The summed E-state index contributed by atoms with van der Waals surface area (Å²) in [6.07, 6.45) is 6.32. The van der Waals surface area contributed by atoms with Crippen molar-refractivity contribution in [2.45, 2.75) is 38.6 Å². The molecule has 35 heavy (non-hydrogen) atoms. The monoisotopic (exact) mass is 490 g/mol. The lowest BCUT2D eigenvalue weighted by molar-refractivity contribution is 0.0993. The number of fused-ring (bicyclic) bond motifs is 2. The number of hydrogen-bond acceptors (Lipinski definition) is 5. The summed E-state index contributed by atoms with van der Waals surface area (Å²) in [5.74, 6) is 0.0142. The number of carbonyl (C=O) groups is 2. The molecule has 0 aliphatic carbocycles. The van der Waals surface area contributed by atoms with E-state index in [4.69, 9.17) is 21.0 Å². The Balaban J connectivity index is 1.43. The Bertz CT molecular complexity index is 1480. The van der Waals surface area contributed by atoms with Crippen molar-refractivity contribution in [3.05, 3.63) is 87.3 Å². The molecule has 0 unspecified atom stereocenters. The fourth-order valence-electron chi connectivity index (χ4n) is 4.25. The first-order valence-electron chi connectivity index (χ1n) is 11.5. The predicted octanol–water partition coefficient (Wildman–Crippen LogP) is 5.26. The second kappa shape index (κ2) is 9.76. The zero-order valence-electron chi connectivity index (χ0n) is 18.8. The molecule has 5 rings (SSSR count). The number of hydrogen-bond donors (Lipinski definition) is 2. The second-order valence-electron chi connectivity index (χ2n) is 8.46. The molecule has 2 amide bonds. The Morgan fingerprint density at radius 1 is 0.943 bits per heavy atom. The van der Waals surface area contributed by atoms with Gasteiger partial charge in [0.15, 0.2) is 5.76 Å². The molecule has 9 heteroatoms. The van der Waals surface area contributed by atoms with Gasteiger partial charge in [0.05, 0.1) is 28.5 Å². The lowest BCUT2D eigenvalue weighted by atomic mass is 10.1. The number of carbonyl (C=O) groups excluding carboxylic acids is 2. The maximum absolute atomic E-state index is 13.1. The molecule has 8 nitrogen and oxygen atoms in total. The van der Waals surface area contributed by atoms with Gasteiger partial charge in [0.2, 0.25) is 0 Å². The van der Waals surface area contributed by atoms with E-state index < -0.39 is 11.8 Å². The van der Waals surface area contributed by atoms with E-state index in [0.717, 1.165) is 37.9 Å². The molecule has 0 spiro atoms. The van der Waals surface area contributed by atoms with Crippen molar-refractivity contribution >= 4 is 45.7 Å². The molecule has 178 valence electrons. The lowest BCUT2D eigenvalue weighted by Crippen LogP contribution is -2.26. The van der Waals surface area contributed by atoms with E-state index >= 15 is 0 Å². The van der Waals surface area contributed by atoms with Gasteiger partial charge in [-0.15, -0.1) is 0 Å². The topological polar surface area (TPSA) is 106 Å². The number of benzene rings is 2. The SMILES string of the molecule is O=C(Nc1ccc(Cl)cc1NC(=O)c1ccco1)c1ccc2c(=O)n3c(nc2c1)CCCCCC3. The largest absolute Gasteiger partial charge is 0.459 e. The smallest absolute Gasteiger partial charge is 0.291 e. The number of nitrogens with zero attached hydrogens (tertiary/aromatic N) is 2. The van der Waals surface area contributed by atoms with Gasteiger partial charge in [0.25, 0.3) is 17.4 Å². The van der Waals surface area contributed by atoms with Crippen LogP contribution in [0.5, 0.6) is 0 Å². The van der Waals surface area contributed by atoms with Crippen molar-refractivity contribution in [3.8, 4) is 0 Å². The standard InChI is InChI=1S/C26H23ClN4O4/c27-17-9-11-19(21(15-17)30-25(33)22-6-5-13-35-22)29-24(32)16-8-10-18-20(14-16)28-23-7-3-1-2-4-12-31(23)26(18)34/h5-6,8-11,13-15H,1-4,7,12H2,(H,29,32)(H,30,33). The third-order valence-electron chi connectivity index (χ3n) is 6.05. The summed E-state index contributed by atoms with van der Waals surface area (Å²) in [5, 5.41) is 6.40. The summed E-state index contributed by atoms with van der Waals surface area (Å²) in [6, 6.07) is 12.8. The molecule has 3 heterocycles. The predicted molar refractivity (Wildman–Crippen MR) is 134 cm³/mol. The van der Waals surface area contributed by atoms with Crippen molar-refractivity contribution in [3.63, 3.8) is 0 Å². The maximum atomic E-state index is 13.1. The molecule has 0 fully saturated rings. The first-order valence-corrected chi connectivity index (χ1v) is 11.9. The van der Waals surface area contributed by atoms with E-state index in [9.17, 15) is 14.4 Å². The summed E-state index contributed by atoms with van der Waals surface area (Å²) < 4.78 is 6.89. The van der Waals surface area contributed by atoms with Crippen LogP contribution in [-0.4, -0.2) is 21.4 Å². The van der Waals surface area contributed by atoms with E-state index in [1.807, 2.05) is 0 Å². The fourth-order valence-corrected chi connectivity index (χ4v) is 4.42. The lowest BCUT2D eigenvalue weighted by Gasteiger charge is -2.16. The summed E-state index contributed by atoms with van der Waals surface area (Å²) >= 11 is 6.11. The molecule has 0 saturated carbocycles. The zero-order chi connectivity index (χ0) is 24.4. The van der Waals surface area contributed by atoms with Crippen LogP contribution in [0.3, 0.4) is 0 Å². The molecule has 0 atom stereocenters. The van der Waals surface area contributed by atoms with Gasteiger partial charge in [-0.25, -0.2) is 4.98 Å². The average molecular weight is 491 g/mol.